The number of halogens is 4. The van der Waals surface area contributed by atoms with Crippen molar-refractivity contribution in [2.24, 2.45) is 0 Å². The van der Waals surface area contributed by atoms with Crippen LogP contribution in [0.5, 0.6) is 5.75 Å². The van der Waals surface area contributed by atoms with Gasteiger partial charge < -0.3 is 4.74 Å². The van der Waals surface area contributed by atoms with E-state index in [0.717, 1.165) is 24.5 Å². The molecule has 0 aliphatic rings. The Morgan fingerprint density at radius 3 is 2.39 bits per heavy atom. The van der Waals surface area contributed by atoms with Crippen molar-refractivity contribution in [1.29, 1.82) is 0 Å². The molecule has 0 aliphatic heterocycles. The minimum atomic E-state index is -4.78. The third-order valence-electron chi connectivity index (χ3n) is 4.27. The number of benzene rings is 3. The number of aryl methyl sites for hydroxylation is 1. The molecular weight excluding hydrogens is 372 g/mol. The zero-order valence-corrected chi connectivity index (χ0v) is 14.7. The van der Waals surface area contributed by atoms with Gasteiger partial charge in [-0.05, 0) is 60.2 Å². The van der Waals surface area contributed by atoms with Crippen LogP contribution in [-0.4, -0.2) is 5.97 Å². The largest absolute Gasteiger partial charge is 0.423 e. The number of hydrogen-bond donors (Lipinski definition) is 0. The summed E-state index contributed by atoms with van der Waals surface area (Å²) in [4.78, 5) is 12.3. The number of esters is 1. The van der Waals surface area contributed by atoms with E-state index in [0.29, 0.717) is 11.6 Å². The molecule has 0 aliphatic carbocycles. The summed E-state index contributed by atoms with van der Waals surface area (Å²) in [6.45, 7) is 3.66. The van der Waals surface area contributed by atoms with Crippen LogP contribution in [0.1, 0.15) is 27.9 Å². The second kappa shape index (κ2) is 7.84. The maximum Gasteiger partial charge on any atom is 0.419 e. The summed E-state index contributed by atoms with van der Waals surface area (Å²) in [7, 11) is 0. The number of hydrogen-bond acceptors (Lipinski definition) is 2. The zero-order valence-electron chi connectivity index (χ0n) is 14.7. The number of fused-ring (bicyclic) bond motifs is 1. The maximum absolute atomic E-state index is 14.1. The molecule has 3 aromatic rings. The Kier molecular flexibility index (Phi) is 5.49. The third-order valence-corrected chi connectivity index (χ3v) is 4.27. The van der Waals surface area contributed by atoms with E-state index in [4.69, 9.17) is 4.74 Å². The number of ether oxygens (including phenoxy) is 1. The Morgan fingerprint density at radius 2 is 1.75 bits per heavy atom. The molecule has 6 heteroatoms. The SMILES string of the molecule is C=CCCc1ccc(C(=O)Oc2ccc3c(F)c(C(F)(F)F)ccc3c2)cc1. The molecule has 0 heterocycles. The summed E-state index contributed by atoms with van der Waals surface area (Å²) in [6, 6.07) is 12.5. The van der Waals surface area contributed by atoms with Gasteiger partial charge in [0.2, 0.25) is 0 Å². The topological polar surface area (TPSA) is 26.3 Å². The fourth-order valence-electron chi connectivity index (χ4n) is 2.79. The van der Waals surface area contributed by atoms with Crippen molar-refractivity contribution >= 4 is 16.7 Å². The number of rotatable bonds is 5. The smallest absolute Gasteiger partial charge is 0.419 e. The van der Waals surface area contributed by atoms with Gasteiger partial charge in [-0.3, -0.25) is 0 Å². The van der Waals surface area contributed by atoms with Crippen molar-refractivity contribution in [3.8, 4) is 5.75 Å². The Hall–Kier alpha value is -3.15. The number of carbonyl (C=O) groups is 1. The van der Waals surface area contributed by atoms with Crippen molar-refractivity contribution < 1.29 is 27.1 Å². The first-order chi connectivity index (χ1) is 13.3. The van der Waals surface area contributed by atoms with Crippen LogP contribution in [0.25, 0.3) is 10.8 Å². The molecule has 0 radical (unpaired) electrons. The van der Waals surface area contributed by atoms with Crippen LogP contribution in [0.4, 0.5) is 17.6 Å². The van der Waals surface area contributed by atoms with E-state index in [9.17, 15) is 22.4 Å². The molecule has 3 rings (SSSR count). The molecule has 0 aromatic heterocycles. The van der Waals surface area contributed by atoms with E-state index >= 15 is 0 Å². The highest BCUT2D eigenvalue weighted by Crippen LogP contribution is 2.35. The minimum absolute atomic E-state index is 0.118. The Balaban J connectivity index is 1.80. The Labute approximate surface area is 159 Å². The predicted molar refractivity (Wildman–Crippen MR) is 98.8 cm³/mol. The molecule has 0 amide bonds. The fraction of sp³-hybridized carbons (Fsp3) is 0.136. The molecule has 0 N–H and O–H groups in total. The van der Waals surface area contributed by atoms with Gasteiger partial charge in [-0.25, -0.2) is 9.18 Å². The first-order valence-electron chi connectivity index (χ1n) is 8.51. The molecule has 0 atom stereocenters. The van der Waals surface area contributed by atoms with Gasteiger partial charge in [0.15, 0.2) is 0 Å². The molecule has 3 aromatic carbocycles. The van der Waals surface area contributed by atoms with E-state index < -0.39 is 23.5 Å². The number of alkyl halides is 3. The van der Waals surface area contributed by atoms with Crippen LogP contribution >= 0.6 is 0 Å². The lowest BCUT2D eigenvalue weighted by molar-refractivity contribution is -0.139. The molecule has 0 unspecified atom stereocenters. The summed E-state index contributed by atoms with van der Waals surface area (Å²) in [5, 5.41) is 0.0109. The molecule has 28 heavy (non-hydrogen) atoms. The summed E-state index contributed by atoms with van der Waals surface area (Å²) in [6.07, 6.45) is -1.33. The highest BCUT2D eigenvalue weighted by Gasteiger charge is 2.34. The summed E-state index contributed by atoms with van der Waals surface area (Å²) in [5.74, 6) is -1.84. The van der Waals surface area contributed by atoms with Crippen LogP contribution in [0, 0.1) is 5.82 Å². The van der Waals surface area contributed by atoms with Crippen molar-refractivity contribution in [3.05, 3.63) is 89.8 Å². The molecule has 0 spiro atoms. The average Bonchev–Trinajstić information content (AvgIpc) is 2.66. The van der Waals surface area contributed by atoms with Crippen molar-refractivity contribution in [3.63, 3.8) is 0 Å². The summed E-state index contributed by atoms with van der Waals surface area (Å²) in [5.41, 5.74) is 0.0560. The quantitative estimate of drug-likeness (QED) is 0.221. The van der Waals surface area contributed by atoms with E-state index in [1.807, 2.05) is 18.2 Å². The van der Waals surface area contributed by atoms with Gasteiger partial charge >= 0.3 is 12.1 Å². The molecular formula is C22H16F4O2. The van der Waals surface area contributed by atoms with Gasteiger partial charge in [-0.1, -0.05) is 24.3 Å². The van der Waals surface area contributed by atoms with Gasteiger partial charge in [-0.15, -0.1) is 6.58 Å². The van der Waals surface area contributed by atoms with Gasteiger partial charge in [0.25, 0.3) is 0 Å². The third kappa shape index (κ3) is 4.22. The van der Waals surface area contributed by atoms with Gasteiger partial charge in [-0.2, -0.15) is 13.2 Å². The van der Waals surface area contributed by atoms with Crippen LogP contribution < -0.4 is 4.74 Å². The van der Waals surface area contributed by atoms with E-state index in [2.05, 4.69) is 6.58 Å². The first kappa shape index (κ1) is 19.6. The standard InChI is InChI=1S/C22H16F4O2/c1-2-3-4-14-5-7-15(8-6-14)21(27)28-17-10-11-18-16(13-17)9-12-19(20(18)23)22(24,25)26/h2,5-13H,1,3-4H2. The molecule has 2 nitrogen and oxygen atoms in total. The number of allylic oxidation sites excluding steroid dienone is 1. The monoisotopic (exact) mass is 388 g/mol. The predicted octanol–water partition coefficient (Wildman–Crippen LogP) is 6.34. The molecule has 0 saturated heterocycles. The lowest BCUT2D eigenvalue weighted by atomic mass is 10.1. The maximum atomic E-state index is 14.1. The van der Waals surface area contributed by atoms with Crippen molar-refractivity contribution in [1.82, 2.24) is 0 Å². The minimum Gasteiger partial charge on any atom is -0.423 e. The second-order valence-electron chi connectivity index (χ2n) is 6.22. The Morgan fingerprint density at radius 1 is 1.04 bits per heavy atom. The van der Waals surface area contributed by atoms with Crippen LogP contribution in [-0.2, 0) is 12.6 Å². The lowest BCUT2D eigenvalue weighted by Gasteiger charge is -2.11. The van der Waals surface area contributed by atoms with E-state index in [1.54, 1.807) is 12.1 Å². The Bertz CT molecular complexity index is 1020. The second-order valence-corrected chi connectivity index (χ2v) is 6.22. The fourth-order valence-corrected chi connectivity index (χ4v) is 2.79. The normalized spacial score (nSPS) is 11.4. The van der Waals surface area contributed by atoms with E-state index in [1.165, 1.54) is 18.2 Å². The molecule has 144 valence electrons. The van der Waals surface area contributed by atoms with Crippen molar-refractivity contribution in [2.75, 3.05) is 0 Å². The average molecular weight is 388 g/mol. The van der Waals surface area contributed by atoms with Crippen LogP contribution in [0.2, 0.25) is 0 Å². The van der Waals surface area contributed by atoms with Crippen LogP contribution in [0.15, 0.2) is 67.3 Å². The zero-order chi connectivity index (χ0) is 20.3. The number of carbonyl (C=O) groups excluding carboxylic acids is 1. The summed E-state index contributed by atoms with van der Waals surface area (Å²) < 4.78 is 57.8. The highest BCUT2D eigenvalue weighted by atomic mass is 19.4. The first-order valence-corrected chi connectivity index (χ1v) is 8.51. The molecule has 0 saturated carbocycles. The lowest BCUT2D eigenvalue weighted by Crippen LogP contribution is -2.09. The van der Waals surface area contributed by atoms with Gasteiger partial charge in [0.1, 0.15) is 11.6 Å². The molecule has 0 bridgehead atoms. The van der Waals surface area contributed by atoms with Crippen LogP contribution in [0.3, 0.4) is 0 Å². The highest BCUT2D eigenvalue weighted by molar-refractivity contribution is 5.92. The van der Waals surface area contributed by atoms with E-state index in [-0.39, 0.29) is 16.5 Å². The van der Waals surface area contributed by atoms with Gasteiger partial charge in [0, 0.05) is 5.39 Å². The van der Waals surface area contributed by atoms with Gasteiger partial charge in [0.05, 0.1) is 11.1 Å². The molecule has 0 fully saturated rings. The van der Waals surface area contributed by atoms with Crippen molar-refractivity contribution in [2.45, 2.75) is 19.0 Å². The summed E-state index contributed by atoms with van der Waals surface area (Å²) >= 11 is 0.